The van der Waals surface area contributed by atoms with E-state index in [1.165, 1.54) is 89.9 Å². The highest BCUT2D eigenvalue weighted by atomic mass is 16.5. The molecule has 3 unspecified atom stereocenters. The van der Waals surface area contributed by atoms with E-state index in [1.54, 1.807) is 0 Å². The normalized spacial score (nSPS) is 14.0. The number of carbonyl (C=O) groups excluding carboxylic acids is 2. The van der Waals surface area contributed by atoms with Gasteiger partial charge in [0.2, 0.25) is 5.91 Å². The molecule has 0 saturated heterocycles. The molecule has 0 aliphatic heterocycles. The van der Waals surface area contributed by atoms with E-state index < -0.39 is 18.2 Å². The summed E-state index contributed by atoms with van der Waals surface area (Å²) in [6.07, 6.45) is 67.4. The Morgan fingerprint density at radius 3 is 1.28 bits per heavy atom. The minimum absolute atomic E-state index is 0.0357. The maximum atomic E-state index is 13.2. The summed E-state index contributed by atoms with van der Waals surface area (Å²) >= 11 is 0. The second-order valence-electron chi connectivity index (χ2n) is 17.8. The van der Waals surface area contributed by atoms with Gasteiger partial charge in [-0.05, 0) is 70.6 Å². The molecular weight excluding hydrogens is 791 g/mol. The fourth-order valence-electron chi connectivity index (χ4n) is 7.52. The first-order chi connectivity index (χ1) is 31.5. The number of aliphatic hydroxyl groups excluding tert-OH is 2. The fraction of sp³-hybridized carbons (Fsp3) is 0.690. The smallest absolute Gasteiger partial charge is 0.306 e. The van der Waals surface area contributed by atoms with Gasteiger partial charge in [-0.15, -0.1) is 0 Å². The van der Waals surface area contributed by atoms with Crippen LogP contribution in [0.2, 0.25) is 0 Å². The Labute approximate surface area is 395 Å². The summed E-state index contributed by atoms with van der Waals surface area (Å²) in [5, 5.41) is 23.7. The van der Waals surface area contributed by atoms with Crippen molar-refractivity contribution in [2.75, 3.05) is 6.61 Å². The lowest BCUT2D eigenvalue weighted by molar-refractivity contribution is -0.151. The molecule has 0 rings (SSSR count). The fourth-order valence-corrected chi connectivity index (χ4v) is 7.52. The van der Waals surface area contributed by atoms with Gasteiger partial charge in [0.25, 0.3) is 0 Å². The van der Waals surface area contributed by atoms with Crippen LogP contribution < -0.4 is 5.32 Å². The van der Waals surface area contributed by atoms with Gasteiger partial charge in [-0.3, -0.25) is 9.59 Å². The SMILES string of the molecule is CCC/C=C/C=C/C=C/C=C/C=C/CCCCCC(CC(=O)NC(CO)C(O)CCCCCCCCCCCCC)OC(=O)CCCCCCC/C=C/C=C/C=C/CCCCCCC. The molecule has 1 amide bonds. The van der Waals surface area contributed by atoms with E-state index in [-0.39, 0.29) is 24.9 Å². The zero-order valence-corrected chi connectivity index (χ0v) is 41.6. The third-order valence-electron chi connectivity index (χ3n) is 11.6. The maximum Gasteiger partial charge on any atom is 0.306 e. The number of amides is 1. The molecule has 6 heteroatoms. The van der Waals surface area contributed by atoms with E-state index in [2.05, 4.69) is 86.8 Å². The second kappa shape index (κ2) is 50.8. The standard InChI is InChI=1S/C58H99NO5/c1-4-7-10-13-16-19-22-24-26-28-29-31-33-36-39-42-45-48-51-58(63)64-54(49-46-43-40-37-35-32-30-27-25-23-20-17-14-11-8-5-2)52-57(62)59-55(53-60)56(61)50-47-44-41-38-34-21-18-15-12-9-6-3/h11,14,17,20,22-32,35,54-56,60-61H,4-10,12-13,15-16,18-19,21,33-34,36-53H2,1-3H3,(H,59,62)/b14-11+,20-17+,24-22+,25-23+,28-26+,30-27+,31-29+,35-32+. The molecule has 3 atom stereocenters. The van der Waals surface area contributed by atoms with Gasteiger partial charge < -0.3 is 20.3 Å². The molecule has 0 fully saturated rings. The Kier molecular flexibility index (Phi) is 48.2. The largest absolute Gasteiger partial charge is 0.462 e. The highest BCUT2D eigenvalue weighted by Crippen LogP contribution is 2.17. The molecule has 0 aliphatic rings. The number of carbonyl (C=O) groups is 2. The van der Waals surface area contributed by atoms with E-state index >= 15 is 0 Å². The summed E-state index contributed by atoms with van der Waals surface area (Å²) in [7, 11) is 0. The molecule has 0 aliphatic carbocycles. The number of allylic oxidation sites excluding steroid dienone is 16. The molecule has 0 aromatic carbocycles. The summed E-state index contributed by atoms with van der Waals surface area (Å²) in [4.78, 5) is 26.2. The Morgan fingerprint density at radius 2 is 0.828 bits per heavy atom. The third-order valence-corrected chi connectivity index (χ3v) is 11.6. The first-order valence-electron chi connectivity index (χ1n) is 26.6. The molecule has 0 aromatic rings. The Bertz CT molecular complexity index is 1270. The van der Waals surface area contributed by atoms with Crippen molar-refractivity contribution in [3.63, 3.8) is 0 Å². The Morgan fingerprint density at radius 1 is 0.453 bits per heavy atom. The van der Waals surface area contributed by atoms with Crippen LogP contribution >= 0.6 is 0 Å². The monoisotopic (exact) mass is 890 g/mol. The number of hydrogen-bond donors (Lipinski definition) is 3. The quantitative estimate of drug-likeness (QED) is 0.0321. The van der Waals surface area contributed by atoms with Crippen molar-refractivity contribution in [3.05, 3.63) is 97.2 Å². The van der Waals surface area contributed by atoms with Crippen LogP contribution in [0.3, 0.4) is 0 Å². The van der Waals surface area contributed by atoms with E-state index in [1.807, 2.05) is 36.5 Å². The van der Waals surface area contributed by atoms with Crippen LogP contribution in [0.15, 0.2) is 97.2 Å². The predicted octanol–water partition coefficient (Wildman–Crippen LogP) is 16.1. The van der Waals surface area contributed by atoms with E-state index in [4.69, 9.17) is 4.74 Å². The van der Waals surface area contributed by atoms with Gasteiger partial charge >= 0.3 is 5.97 Å². The van der Waals surface area contributed by atoms with Crippen molar-refractivity contribution >= 4 is 11.9 Å². The van der Waals surface area contributed by atoms with Crippen LogP contribution in [0, 0.1) is 0 Å². The molecule has 0 bridgehead atoms. The van der Waals surface area contributed by atoms with Crippen molar-refractivity contribution in [1.82, 2.24) is 5.32 Å². The van der Waals surface area contributed by atoms with Crippen molar-refractivity contribution in [1.29, 1.82) is 0 Å². The van der Waals surface area contributed by atoms with Gasteiger partial charge in [-0.2, -0.15) is 0 Å². The van der Waals surface area contributed by atoms with Crippen LogP contribution in [-0.4, -0.2) is 46.9 Å². The average molecular weight is 890 g/mol. The molecule has 0 saturated carbocycles. The van der Waals surface area contributed by atoms with Crippen LogP contribution in [-0.2, 0) is 14.3 Å². The zero-order chi connectivity index (χ0) is 46.7. The minimum atomic E-state index is -0.808. The molecule has 366 valence electrons. The van der Waals surface area contributed by atoms with E-state index in [0.29, 0.717) is 19.3 Å². The van der Waals surface area contributed by atoms with Gasteiger partial charge in [0, 0.05) is 6.42 Å². The van der Waals surface area contributed by atoms with E-state index in [9.17, 15) is 19.8 Å². The molecule has 3 N–H and O–H groups in total. The van der Waals surface area contributed by atoms with Crippen molar-refractivity contribution in [2.45, 2.75) is 251 Å². The number of ether oxygens (including phenoxy) is 1. The lowest BCUT2D eigenvalue weighted by Crippen LogP contribution is -2.46. The van der Waals surface area contributed by atoms with Gasteiger partial charge in [0.15, 0.2) is 0 Å². The number of rotatable bonds is 46. The van der Waals surface area contributed by atoms with Gasteiger partial charge in [0.05, 0.1) is 25.2 Å². The molecule has 64 heavy (non-hydrogen) atoms. The van der Waals surface area contributed by atoms with Crippen LogP contribution in [0.4, 0.5) is 0 Å². The van der Waals surface area contributed by atoms with Crippen LogP contribution in [0.25, 0.3) is 0 Å². The summed E-state index contributed by atoms with van der Waals surface area (Å²) in [6.45, 7) is 6.35. The second-order valence-corrected chi connectivity index (χ2v) is 17.8. The van der Waals surface area contributed by atoms with E-state index in [0.717, 1.165) is 96.3 Å². The van der Waals surface area contributed by atoms with Crippen molar-refractivity contribution in [3.8, 4) is 0 Å². The van der Waals surface area contributed by atoms with Crippen LogP contribution in [0.1, 0.15) is 233 Å². The summed E-state index contributed by atoms with van der Waals surface area (Å²) in [5.41, 5.74) is 0. The minimum Gasteiger partial charge on any atom is -0.462 e. The Hall–Kier alpha value is -3.22. The number of hydrogen-bond acceptors (Lipinski definition) is 5. The van der Waals surface area contributed by atoms with Crippen LogP contribution in [0.5, 0.6) is 0 Å². The lowest BCUT2D eigenvalue weighted by atomic mass is 10.0. The number of aliphatic hydroxyl groups is 2. The first kappa shape index (κ1) is 60.8. The maximum absolute atomic E-state index is 13.2. The zero-order valence-electron chi connectivity index (χ0n) is 41.6. The molecule has 0 heterocycles. The number of unbranched alkanes of at least 4 members (excludes halogenated alkanes) is 24. The van der Waals surface area contributed by atoms with Gasteiger partial charge in [0.1, 0.15) is 6.10 Å². The highest BCUT2D eigenvalue weighted by molar-refractivity contribution is 5.77. The summed E-state index contributed by atoms with van der Waals surface area (Å²) in [6, 6.07) is -0.726. The Balaban J connectivity index is 4.74. The number of nitrogens with one attached hydrogen (secondary N) is 1. The molecular formula is C58H99NO5. The molecule has 6 nitrogen and oxygen atoms in total. The first-order valence-corrected chi connectivity index (χ1v) is 26.6. The third kappa shape index (κ3) is 45.4. The number of esters is 1. The average Bonchev–Trinajstić information content (AvgIpc) is 3.29. The molecule has 0 spiro atoms. The highest BCUT2D eigenvalue weighted by Gasteiger charge is 2.24. The summed E-state index contributed by atoms with van der Waals surface area (Å²) in [5.74, 6) is -0.545. The lowest BCUT2D eigenvalue weighted by Gasteiger charge is -2.24. The van der Waals surface area contributed by atoms with Crippen molar-refractivity contribution < 1.29 is 24.5 Å². The van der Waals surface area contributed by atoms with Gasteiger partial charge in [-0.25, -0.2) is 0 Å². The molecule has 0 radical (unpaired) electrons. The predicted molar refractivity (Wildman–Crippen MR) is 277 cm³/mol. The van der Waals surface area contributed by atoms with Gasteiger partial charge in [-0.1, -0.05) is 246 Å². The topological polar surface area (TPSA) is 95.9 Å². The molecule has 0 aromatic heterocycles. The van der Waals surface area contributed by atoms with Crippen molar-refractivity contribution in [2.24, 2.45) is 0 Å². The summed E-state index contributed by atoms with van der Waals surface area (Å²) < 4.78 is 5.92.